The summed E-state index contributed by atoms with van der Waals surface area (Å²) in [6, 6.07) is 7.73. The predicted molar refractivity (Wildman–Crippen MR) is 90.4 cm³/mol. The Hall–Kier alpha value is -1.11. The second kappa shape index (κ2) is 6.79. The quantitative estimate of drug-likeness (QED) is 0.768. The topological polar surface area (TPSA) is 49.9 Å². The third kappa shape index (κ3) is 3.70. The van der Waals surface area contributed by atoms with Gasteiger partial charge in [0.25, 0.3) is 10.2 Å². The van der Waals surface area contributed by atoms with Gasteiger partial charge in [0.2, 0.25) is 0 Å². The average molecular weight is 338 g/mol. The van der Waals surface area contributed by atoms with Crippen LogP contribution < -0.4 is 4.74 Å². The van der Waals surface area contributed by atoms with Crippen LogP contribution in [0.5, 0.6) is 5.75 Å². The maximum absolute atomic E-state index is 13.1. The molecule has 6 heteroatoms. The van der Waals surface area contributed by atoms with Crippen molar-refractivity contribution in [3.05, 3.63) is 29.8 Å². The molecule has 128 valence electrons. The van der Waals surface area contributed by atoms with E-state index >= 15 is 0 Å². The van der Waals surface area contributed by atoms with Crippen LogP contribution in [-0.2, 0) is 16.8 Å². The van der Waals surface area contributed by atoms with Gasteiger partial charge in [0.1, 0.15) is 5.75 Å². The molecule has 1 saturated carbocycles. The van der Waals surface area contributed by atoms with Crippen LogP contribution >= 0.6 is 0 Å². The fourth-order valence-corrected chi connectivity index (χ4v) is 5.15. The van der Waals surface area contributed by atoms with Crippen molar-refractivity contribution in [3.8, 4) is 5.75 Å². The van der Waals surface area contributed by atoms with Crippen molar-refractivity contribution in [2.24, 2.45) is 5.92 Å². The minimum atomic E-state index is -3.38. The van der Waals surface area contributed by atoms with Crippen molar-refractivity contribution >= 4 is 10.2 Å². The molecule has 1 aromatic rings. The van der Waals surface area contributed by atoms with Crippen LogP contribution in [0.4, 0.5) is 0 Å². The van der Waals surface area contributed by atoms with E-state index in [1.807, 2.05) is 24.3 Å². The molecule has 5 nitrogen and oxygen atoms in total. The zero-order chi connectivity index (χ0) is 16.4. The number of hydrogen-bond donors (Lipinski definition) is 0. The normalized spacial score (nSPS) is 20.8. The van der Waals surface area contributed by atoms with Crippen LogP contribution in [0.15, 0.2) is 24.3 Å². The number of benzene rings is 1. The molecular formula is C17H26N2O3S. The standard InChI is InChI=1S/C17H26N2O3S/c1-14(16-7-8-16)19(23(20,21)18-11-3-4-12-18)13-15-5-9-17(22-2)10-6-15/h5-6,9-10,14,16H,3-4,7-8,11-13H2,1-2H3. The van der Waals surface area contributed by atoms with Crippen molar-refractivity contribution in [3.63, 3.8) is 0 Å². The zero-order valence-corrected chi connectivity index (χ0v) is 14.8. The Labute approximate surface area is 139 Å². The molecule has 1 saturated heterocycles. The van der Waals surface area contributed by atoms with Crippen molar-refractivity contribution in [2.45, 2.75) is 45.2 Å². The van der Waals surface area contributed by atoms with Gasteiger partial charge in [0.05, 0.1) is 7.11 Å². The summed E-state index contributed by atoms with van der Waals surface area (Å²) in [6.45, 7) is 3.78. The second-order valence-electron chi connectivity index (χ2n) is 6.59. The SMILES string of the molecule is COc1ccc(CN(C(C)C2CC2)S(=O)(=O)N2CCCC2)cc1. The number of nitrogens with zero attached hydrogens (tertiary/aromatic N) is 2. The molecule has 0 amide bonds. The van der Waals surface area contributed by atoms with Gasteiger partial charge in [-0.2, -0.15) is 17.0 Å². The van der Waals surface area contributed by atoms with Crippen LogP contribution in [0.1, 0.15) is 38.2 Å². The number of ether oxygens (including phenoxy) is 1. The van der Waals surface area contributed by atoms with E-state index in [-0.39, 0.29) is 6.04 Å². The summed E-state index contributed by atoms with van der Waals surface area (Å²) >= 11 is 0. The number of rotatable bonds is 7. The van der Waals surface area contributed by atoms with E-state index < -0.39 is 10.2 Å². The molecule has 0 N–H and O–H groups in total. The third-order valence-corrected chi connectivity index (χ3v) is 7.02. The summed E-state index contributed by atoms with van der Waals surface area (Å²) < 4.78 is 34.7. The van der Waals surface area contributed by atoms with Crippen molar-refractivity contribution in [1.82, 2.24) is 8.61 Å². The first-order valence-electron chi connectivity index (χ1n) is 8.42. The lowest BCUT2D eigenvalue weighted by atomic mass is 10.1. The lowest BCUT2D eigenvalue weighted by Crippen LogP contribution is -2.47. The highest BCUT2D eigenvalue weighted by atomic mass is 32.2. The van der Waals surface area contributed by atoms with Gasteiger partial charge in [-0.3, -0.25) is 0 Å². The van der Waals surface area contributed by atoms with Gasteiger partial charge in [-0.15, -0.1) is 0 Å². The molecule has 1 aromatic carbocycles. The van der Waals surface area contributed by atoms with Crippen molar-refractivity contribution in [1.29, 1.82) is 0 Å². The Morgan fingerprint density at radius 2 is 1.83 bits per heavy atom. The summed E-state index contributed by atoms with van der Waals surface area (Å²) in [7, 11) is -1.75. The molecule has 23 heavy (non-hydrogen) atoms. The van der Waals surface area contributed by atoms with Gasteiger partial charge in [0.15, 0.2) is 0 Å². The van der Waals surface area contributed by atoms with Crippen LogP contribution in [0.25, 0.3) is 0 Å². The van der Waals surface area contributed by atoms with E-state index in [2.05, 4.69) is 6.92 Å². The zero-order valence-electron chi connectivity index (χ0n) is 13.9. The predicted octanol–water partition coefficient (Wildman–Crippen LogP) is 2.64. The van der Waals surface area contributed by atoms with E-state index in [9.17, 15) is 8.42 Å². The average Bonchev–Trinajstić information content (AvgIpc) is 3.25. The lowest BCUT2D eigenvalue weighted by Gasteiger charge is -2.32. The van der Waals surface area contributed by atoms with E-state index in [1.54, 1.807) is 15.7 Å². The van der Waals surface area contributed by atoms with Gasteiger partial charge < -0.3 is 4.74 Å². The Bertz CT molecular complexity index is 620. The van der Waals surface area contributed by atoms with Gasteiger partial charge in [0, 0.05) is 25.7 Å². The van der Waals surface area contributed by atoms with Crippen molar-refractivity contribution < 1.29 is 13.2 Å². The summed E-state index contributed by atoms with van der Waals surface area (Å²) in [6.07, 6.45) is 4.20. The third-order valence-electron chi connectivity index (χ3n) is 4.94. The van der Waals surface area contributed by atoms with Crippen LogP contribution in [0.2, 0.25) is 0 Å². The first-order chi connectivity index (χ1) is 11.0. The summed E-state index contributed by atoms with van der Waals surface area (Å²) in [5.41, 5.74) is 1.00. The Morgan fingerprint density at radius 1 is 1.22 bits per heavy atom. The molecular weight excluding hydrogens is 312 g/mol. The fourth-order valence-electron chi connectivity index (χ4n) is 3.23. The van der Waals surface area contributed by atoms with Crippen molar-refractivity contribution in [2.75, 3.05) is 20.2 Å². The van der Waals surface area contributed by atoms with E-state index in [0.717, 1.165) is 37.0 Å². The molecule has 0 spiro atoms. The first kappa shape index (κ1) is 16.7. The Kier molecular flexibility index (Phi) is 4.94. The molecule has 0 bridgehead atoms. The Morgan fingerprint density at radius 3 is 2.35 bits per heavy atom. The largest absolute Gasteiger partial charge is 0.497 e. The fraction of sp³-hybridized carbons (Fsp3) is 0.647. The second-order valence-corrected chi connectivity index (χ2v) is 8.47. The highest BCUT2D eigenvalue weighted by Crippen LogP contribution is 2.37. The van der Waals surface area contributed by atoms with Gasteiger partial charge >= 0.3 is 0 Å². The summed E-state index contributed by atoms with van der Waals surface area (Å²) in [4.78, 5) is 0. The van der Waals surface area contributed by atoms with E-state index in [0.29, 0.717) is 25.6 Å². The van der Waals surface area contributed by atoms with Crippen LogP contribution in [-0.4, -0.2) is 43.3 Å². The van der Waals surface area contributed by atoms with Gasteiger partial charge in [-0.25, -0.2) is 0 Å². The van der Waals surface area contributed by atoms with Crippen LogP contribution in [0.3, 0.4) is 0 Å². The molecule has 3 rings (SSSR count). The molecule has 0 radical (unpaired) electrons. The minimum Gasteiger partial charge on any atom is -0.497 e. The maximum Gasteiger partial charge on any atom is 0.282 e. The summed E-state index contributed by atoms with van der Waals surface area (Å²) in [5, 5.41) is 0. The molecule has 1 aliphatic carbocycles. The van der Waals surface area contributed by atoms with Gasteiger partial charge in [-0.1, -0.05) is 12.1 Å². The minimum absolute atomic E-state index is 0.0581. The number of hydrogen-bond acceptors (Lipinski definition) is 3. The molecule has 1 unspecified atom stereocenters. The van der Waals surface area contributed by atoms with Crippen LogP contribution in [0, 0.1) is 5.92 Å². The maximum atomic E-state index is 13.1. The monoisotopic (exact) mass is 338 g/mol. The molecule has 1 heterocycles. The first-order valence-corrected chi connectivity index (χ1v) is 9.82. The number of methoxy groups -OCH3 is 1. The van der Waals surface area contributed by atoms with E-state index in [4.69, 9.17) is 4.74 Å². The molecule has 0 aromatic heterocycles. The smallest absolute Gasteiger partial charge is 0.282 e. The molecule has 2 aliphatic rings. The molecule has 2 fully saturated rings. The molecule has 1 aliphatic heterocycles. The highest BCUT2D eigenvalue weighted by molar-refractivity contribution is 7.86. The molecule has 1 atom stereocenters. The van der Waals surface area contributed by atoms with E-state index in [1.165, 1.54) is 0 Å². The Balaban J connectivity index is 1.82. The lowest BCUT2D eigenvalue weighted by molar-refractivity contribution is 0.278. The van der Waals surface area contributed by atoms with Gasteiger partial charge in [-0.05, 0) is 56.2 Å². The summed E-state index contributed by atoms with van der Waals surface area (Å²) in [5.74, 6) is 1.29. The highest BCUT2D eigenvalue weighted by Gasteiger charge is 2.40.